The predicted octanol–water partition coefficient (Wildman–Crippen LogP) is 2.48. The van der Waals surface area contributed by atoms with E-state index in [0.29, 0.717) is 18.5 Å². The molecule has 0 spiro atoms. The maximum Gasteiger partial charge on any atom is 0.346 e. The Morgan fingerprint density at radius 3 is 2.73 bits per heavy atom. The number of hydrogen-bond acceptors (Lipinski definition) is 5. The maximum atomic E-state index is 12.3. The lowest BCUT2D eigenvalue weighted by atomic mass is 10.00. The molecule has 3 rings (SSSR count). The SMILES string of the molecule is Cc1cc(S(=O)(=O)NCCCN2CCc3ccccc3C2)sc1C(=O)O. The Hall–Kier alpha value is -1.74. The van der Waals surface area contributed by atoms with Crippen LogP contribution in [0.25, 0.3) is 0 Å². The van der Waals surface area contributed by atoms with Gasteiger partial charge in [0.2, 0.25) is 10.0 Å². The summed E-state index contributed by atoms with van der Waals surface area (Å²) in [6, 6.07) is 9.83. The van der Waals surface area contributed by atoms with E-state index in [1.807, 2.05) is 6.07 Å². The largest absolute Gasteiger partial charge is 0.477 e. The first-order valence-corrected chi connectivity index (χ1v) is 10.8. The quantitative estimate of drug-likeness (QED) is 0.705. The number of nitrogens with one attached hydrogen (secondary N) is 1. The van der Waals surface area contributed by atoms with E-state index in [1.165, 1.54) is 17.2 Å². The summed E-state index contributed by atoms with van der Waals surface area (Å²) < 4.78 is 27.3. The molecule has 0 radical (unpaired) electrons. The number of nitrogens with zero attached hydrogens (tertiary/aromatic N) is 1. The minimum absolute atomic E-state index is 0.0549. The summed E-state index contributed by atoms with van der Waals surface area (Å²) in [7, 11) is -3.66. The molecule has 0 atom stereocenters. The van der Waals surface area contributed by atoms with Gasteiger partial charge >= 0.3 is 5.97 Å². The topological polar surface area (TPSA) is 86.7 Å². The summed E-state index contributed by atoms with van der Waals surface area (Å²) in [5.41, 5.74) is 3.20. The van der Waals surface area contributed by atoms with Gasteiger partial charge in [0.15, 0.2) is 0 Å². The molecule has 0 bridgehead atoms. The molecule has 2 aromatic rings. The highest BCUT2D eigenvalue weighted by molar-refractivity contribution is 7.91. The molecule has 1 aliphatic rings. The summed E-state index contributed by atoms with van der Waals surface area (Å²) in [6.45, 7) is 4.64. The molecule has 0 amide bonds. The van der Waals surface area contributed by atoms with Gasteiger partial charge in [0.05, 0.1) is 0 Å². The van der Waals surface area contributed by atoms with Gasteiger partial charge in [0, 0.05) is 19.6 Å². The van der Waals surface area contributed by atoms with Crippen LogP contribution in [0.4, 0.5) is 0 Å². The van der Waals surface area contributed by atoms with E-state index in [-0.39, 0.29) is 9.09 Å². The third kappa shape index (κ3) is 4.32. The summed E-state index contributed by atoms with van der Waals surface area (Å²) in [6.07, 6.45) is 1.73. The third-order valence-corrected chi connectivity index (χ3v) is 7.67. The minimum Gasteiger partial charge on any atom is -0.477 e. The summed E-state index contributed by atoms with van der Waals surface area (Å²) in [5.74, 6) is -1.10. The van der Waals surface area contributed by atoms with E-state index >= 15 is 0 Å². The van der Waals surface area contributed by atoms with Crippen molar-refractivity contribution < 1.29 is 18.3 Å². The number of carboxylic acids is 1. The van der Waals surface area contributed by atoms with Gasteiger partial charge in [-0.1, -0.05) is 24.3 Å². The first kappa shape index (κ1) is 19.0. The van der Waals surface area contributed by atoms with E-state index in [4.69, 9.17) is 5.11 Å². The van der Waals surface area contributed by atoms with E-state index in [9.17, 15) is 13.2 Å². The second-order valence-corrected chi connectivity index (χ2v) is 9.47. The molecule has 0 aliphatic carbocycles. The van der Waals surface area contributed by atoms with Crippen molar-refractivity contribution >= 4 is 27.3 Å². The van der Waals surface area contributed by atoms with Gasteiger partial charge < -0.3 is 5.11 Å². The fourth-order valence-corrected chi connectivity index (χ4v) is 5.62. The Morgan fingerprint density at radius 1 is 1.31 bits per heavy atom. The first-order chi connectivity index (χ1) is 12.4. The lowest BCUT2D eigenvalue weighted by molar-refractivity contribution is 0.0701. The Morgan fingerprint density at radius 2 is 2.04 bits per heavy atom. The first-order valence-electron chi connectivity index (χ1n) is 8.49. The normalized spacial score (nSPS) is 15.0. The second kappa shape index (κ2) is 7.87. The minimum atomic E-state index is -3.66. The molecular weight excluding hydrogens is 372 g/mol. The van der Waals surface area contributed by atoms with Crippen molar-refractivity contribution in [2.24, 2.45) is 0 Å². The van der Waals surface area contributed by atoms with Crippen molar-refractivity contribution in [1.82, 2.24) is 9.62 Å². The maximum absolute atomic E-state index is 12.3. The number of hydrogen-bond donors (Lipinski definition) is 2. The molecule has 0 saturated carbocycles. The lowest BCUT2D eigenvalue weighted by Gasteiger charge is -2.28. The van der Waals surface area contributed by atoms with Crippen molar-refractivity contribution in [2.45, 2.75) is 30.5 Å². The van der Waals surface area contributed by atoms with Crippen molar-refractivity contribution in [3.05, 3.63) is 51.9 Å². The average Bonchev–Trinajstić information content (AvgIpc) is 3.02. The van der Waals surface area contributed by atoms with E-state index < -0.39 is 16.0 Å². The van der Waals surface area contributed by atoms with Gasteiger partial charge in [-0.3, -0.25) is 4.90 Å². The van der Waals surface area contributed by atoms with Crippen molar-refractivity contribution in [2.75, 3.05) is 19.6 Å². The zero-order valence-electron chi connectivity index (χ0n) is 14.6. The zero-order valence-corrected chi connectivity index (χ0v) is 16.2. The van der Waals surface area contributed by atoms with Crippen molar-refractivity contribution in [3.8, 4) is 0 Å². The monoisotopic (exact) mass is 394 g/mol. The van der Waals surface area contributed by atoms with Gasteiger partial charge in [-0.25, -0.2) is 17.9 Å². The highest BCUT2D eigenvalue weighted by Gasteiger charge is 2.21. The number of fused-ring (bicyclic) bond motifs is 1. The Labute approximate surface area is 157 Å². The molecule has 2 heterocycles. The lowest BCUT2D eigenvalue weighted by Crippen LogP contribution is -2.33. The number of aromatic carboxylic acids is 1. The van der Waals surface area contributed by atoms with Crippen LogP contribution in [-0.4, -0.2) is 44.0 Å². The van der Waals surface area contributed by atoms with E-state index in [2.05, 4.69) is 27.8 Å². The van der Waals surface area contributed by atoms with Crippen LogP contribution in [-0.2, 0) is 23.0 Å². The highest BCUT2D eigenvalue weighted by atomic mass is 32.2. The summed E-state index contributed by atoms with van der Waals surface area (Å²) >= 11 is 0.793. The number of carbonyl (C=O) groups is 1. The van der Waals surface area contributed by atoms with Crippen LogP contribution >= 0.6 is 11.3 Å². The number of aryl methyl sites for hydroxylation is 1. The van der Waals surface area contributed by atoms with Gasteiger partial charge in [0.25, 0.3) is 0 Å². The Balaban J connectivity index is 1.50. The number of carboxylic acid groups (broad SMARTS) is 1. The molecule has 140 valence electrons. The van der Waals surface area contributed by atoms with Gasteiger partial charge in [0.1, 0.15) is 9.09 Å². The number of thiophene rings is 1. The molecule has 1 aromatic heterocycles. The number of benzene rings is 1. The van der Waals surface area contributed by atoms with E-state index in [0.717, 1.165) is 37.4 Å². The highest BCUT2D eigenvalue weighted by Crippen LogP contribution is 2.25. The van der Waals surface area contributed by atoms with Gasteiger partial charge in [-0.05, 0) is 49.1 Å². The molecular formula is C18H22N2O4S2. The Kier molecular flexibility index (Phi) is 5.76. The van der Waals surface area contributed by atoms with Crippen LogP contribution in [0.3, 0.4) is 0 Å². The average molecular weight is 395 g/mol. The zero-order chi connectivity index (χ0) is 18.7. The molecule has 1 aliphatic heterocycles. The van der Waals surface area contributed by atoms with Crippen molar-refractivity contribution in [3.63, 3.8) is 0 Å². The van der Waals surface area contributed by atoms with Crippen LogP contribution in [0, 0.1) is 6.92 Å². The van der Waals surface area contributed by atoms with E-state index in [1.54, 1.807) is 6.92 Å². The fourth-order valence-electron chi connectivity index (χ4n) is 3.12. The Bertz CT molecular complexity index is 906. The van der Waals surface area contributed by atoms with Crippen molar-refractivity contribution in [1.29, 1.82) is 0 Å². The molecule has 8 heteroatoms. The van der Waals surface area contributed by atoms with Crippen LogP contribution in [0.5, 0.6) is 0 Å². The van der Waals surface area contributed by atoms with Gasteiger partial charge in [-0.15, -0.1) is 11.3 Å². The van der Waals surface area contributed by atoms with Crippen LogP contribution in [0.2, 0.25) is 0 Å². The number of sulfonamides is 1. The summed E-state index contributed by atoms with van der Waals surface area (Å²) in [4.78, 5) is 13.5. The summed E-state index contributed by atoms with van der Waals surface area (Å²) in [5, 5.41) is 9.06. The standard InChI is InChI=1S/C18H22N2O4S2/c1-13-11-16(25-17(13)18(21)22)26(23,24)19-8-4-9-20-10-7-14-5-2-3-6-15(14)12-20/h2-3,5-6,11,19H,4,7-10,12H2,1H3,(H,21,22). The molecule has 0 fully saturated rings. The molecule has 1 aromatic carbocycles. The molecule has 2 N–H and O–H groups in total. The molecule has 0 saturated heterocycles. The predicted molar refractivity (Wildman–Crippen MR) is 101 cm³/mol. The second-order valence-electron chi connectivity index (χ2n) is 6.43. The molecule has 0 unspecified atom stereocenters. The fraction of sp³-hybridized carbons (Fsp3) is 0.389. The molecule has 6 nitrogen and oxygen atoms in total. The number of rotatable bonds is 7. The molecule has 26 heavy (non-hydrogen) atoms. The van der Waals surface area contributed by atoms with Crippen LogP contribution in [0.15, 0.2) is 34.5 Å². The third-order valence-electron chi connectivity index (χ3n) is 4.51. The van der Waals surface area contributed by atoms with Crippen LogP contribution in [0.1, 0.15) is 32.8 Å². The smallest absolute Gasteiger partial charge is 0.346 e. The van der Waals surface area contributed by atoms with Crippen LogP contribution < -0.4 is 4.72 Å². The van der Waals surface area contributed by atoms with Gasteiger partial charge in [-0.2, -0.15) is 0 Å².